The standard InChI is InChI=1S/C18H24N4O/c1-12(2)22-11-15(13(3)20-22)10-19-17-6-5-7-18-16(17)8-9-21(18)14(4)23/h5-7,11-12,19H,8-10H2,1-4H3. The number of anilines is 2. The number of hydrogen-bond donors (Lipinski definition) is 1. The summed E-state index contributed by atoms with van der Waals surface area (Å²) in [6, 6.07) is 6.49. The lowest BCUT2D eigenvalue weighted by molar-refractivity contribution is -0.116. The lowest BCUT2D eigenvalue weighted by Gasteiger charge is -2.16. The van der Waals surface area contributed by atoms with E-state index in [0.29, 0.717) is 6.04 Å². The Bertz CT molecular complexity index is 733. The minimum atomic E-state index is 0.106. The second-order valence-corrected chi connectivity index (χ2v) is 6.39. The summed E-state index contributed by atoms with van der Waals surface area (Å²) in [5, 5.41) is 8.08. The number of nitrogens with one attached hydrogen (secondary N) is 1. The van der Waals surface area contributed by atoms with Crippen molar-refractivity contribution < 1.29 is 4.79 Å². The van der Waals surface area contributed by atoms with Crippen molar-refractivity contribution in [1.82, 2.24) is 9.78 Å². The Labute approximate surface area is 137 Å². The maximum atomic E-state index is 11.7. The Morgan fingerprint density at radius 2 is 2.17 bits per heavy atom. The van der Waals surface area contributed by atoms with Gasteiger partial charge in [0.1, 0.15) is 0 Å². The Balaban J connectivity index is 1.79. The number of amides is 1. The highest BCUT2D eigenvalue weighted by Crippen LogP contribution is 2.34. The lowest BCUT2D eigenvalue weighted by atomic mass is 10.1. The maximum absolute atomic E-state index is 11.7. The molecule has 0 unspecified atom stereocenters. The van der Waals surface area contributed by atoms with E-state index in [0.717, 1.165) is 36.6 Å². The number of nitrogens with zero attached hydrogens (tertiary/aromatic N) is 3. The predicted molar refractivity (Wildman–Crippen MR) is 92.8 cm³/mol. The van der Waals surface area contributed by atoms with Crippen molar-refractivity contribution in [2.75, 3.05) is 16.8 Å². The van der Waals surface area contributed by atoms with Gasteiger partial charge in [-0.05, 0) is 39.3 Å². The van der Waals surface area contributed by atoms with Crippen LogP contribution < -0.4 is 10.2 Å². The van der Waals surface area contributed by atoms with E-state index >= 15 is 0 Å². The molecular formula is C18H24N4O. The molecule has 2 aromatic rings. The number of benzene rings is 1. The first-order chi connectivity index (χ1) is 11.0. The molecule has 1 aliphatic heterocycles. The van der Waals surface area contributed by atoms with Gasteiger partial charge >= 0.3 is 0 Å². The zero-order valence-electron chi connectivity index (χ0n) is 14.3. The highest BCUT2D eigenvalue weighted by atomic mass is 16.2. The van der Waals surface area contributed by atoms with E-state index in [1.54, 1.807) is 6.92 Å². The van der Waals surface area contributed by atoms with Gasteiger partial charge in [0.25, 0.3) is 0 Å². The number of hydrogen-bond acceptors (Lipinski definition) is 3. The highest BCUT2D eigenvalue weighted by molar-refractivity contribution is 5.95. The molecule has 23 heavy (non-hydrogen) atoms. The van der Waals surface area contributed by atoms with Crippen LogP contribution in [0.2, 0.25) is 0 Å². The van der Waals surface area contributed by atoms with Crippen molar-refractivity contribution in [1.29, 1.82) is 0 Å². The first-order valence-corrected chi connectivity index (χ1v) is 8.16. The molecule has 0 spiro atoms. The number of fused-ring (bicyclic) bond motifs is 1. The average molecular weight is 312 g/mol. The summed E-state index contributed by atoms with van der Waals surface area (Å²) < 4.78 is 2.00. The predicted octanol–water partition coefficient (Wildman–Crippen LogP) is 3.29. The molecule has 1 N–H and O–H groups in total. The summed E-state index contributed by atoms with van der Waals surface area (Å²) in [5.41, 5.74) is 5.65. The average Bonchev–Trinajstić information content (AvgIpc) is 3.09. The zero-order chi connectivity index (χ0) is 16.6. The van der Waals surface area contributed by atoms with Crippen LogP contribution in [0.3, 0.4) is 0 Å². The molecule has 122 valence electrons. The fraction of sp³-hybridized carbons (Fsp3) is 0.444. The molecule has 0 fully saturated rings. The quantitative estimate of drug-likeness (QED) is 0.942. The van der Waals surface area contributed by atoms with Crippen molar-refractivity contribution in [3.05, 3.63) is 41.2 Å². The highest BCUT2D eigenvalue weighted by Gasteiger charge is 2.24. The molecule has 3 rings (SSSR count). The molecule has 0 saturated heterocycles. The molecule has 0 bridgehead atoms. The molecule has 5 heteroatoms. The van der Waals surface area contributed by atoms with Gasteiger partial charge in [-0.2, -0.15) is 5.10 Å². The SMILES string of the molecule is CC(=O)N1CCc2c(NCc3cn(C(C)C)nc3C)cccc21. The fourth-order valence-corrected chi connectivity index (χ4v) is 3.07. The van der Waals surface area contributed by atoms with E-state index in [1.165, 1.54) is 11.1 Å². The zero-order valence-corrected chi connectivity index (χ0v) is 14.3. The van der Waals surface area contributed by atoms with Gasteiger partial charge in [-0.15, -0.1) is 0 Å². The summed E-state index contributed by atoms with van der Waals surface area (Å²) in [6.45, 7) is 9.44. The van der Waals surface area contributed by atoms with Gasteiger partial charge in [-0.1, -0.05) is 6.07 Å². The second kappa shape index (κ2) is 6.07. The lowest BCUT2D eigenvalue weighted by Crippen LogP contribution is -2.25. The molecule has 1 aliphatic rings. The number of rotatable bonds is 4. The number of aryl methyl sites for hydroxylation is 1. The molecule has 1 amide bonds. The Kier molecular flexibility index (Phi) is 4.11. The van der Waals surface area contributed by atoms with Crippen molar-refractivity contribution in [2.45, 2.75) is 46.7 Å². The Morgan fingerprint density at radius 1 is 1.39 bits per heavy atom. The van der Waals surface area contributed by atoms with E-state index in [-0.39, 0.29) is 5.91 Å². The Hall–Kier alpha value is -2.30. The topological polar surface area (TPSA) is 50.2 Å². The van der Waals surface area contributed by atoms with Crippen molar-refractivity contribution in [2.24, 2.45) is 0 Å². The summed E-state index contributed by atoms with van der Waals surface area (Å²) in [5.74, 6) is 0.106. The third kappa shape index (κ3) is 2.96. The molecule has 2 heterocycles. The van der Waals surface area contributed by atoms with Crippen LogP contribution in [0.5, 0.6) is 0 Å². The minimum absolute atomic E-state index is 0.106. The van der Waals surface area contributed by atoms with Gasteiger partial charge in [0.05, 0.1) is 5.69 Å². The van der Waals surface area contributed by atoms with Gasteiger partial charge < -0.3 is 10.2 Å². The van der Waals surface area contributed by atoms with Crippen LogP contribution in [-0.4, -0.2) is 22.2 Å². The number of carbonyl (C=O) groups is 1. The molecule has 0 saturated carbocycles. The van der Waals surface area contributed by atoms with Crippen LogP contribution in [0, 0.1) is 6.92 Å². The van der Waals surface area contributed by atoms with Crippen LogP contribution in [0.1, 0.15) is 43.6 Å². The third-order valence-electron chi connectivity index (χ3n) is 4.42. The minimum Gasteiger partial charge on any atom is -0.381 e. The summed E-state index contributed by atoms with van der Waals surface area (Å²) in [7, 11) is 0. The summed E-state index contributed by atoms with van der Waals surface area (Å²) in [6.07, 6.45) is 3.01. The summed E-state index contributed by atoms with van der Waals surface area (Å²) >= 11 is 0. The van der Waals surface area contributed by atoms with Crippen LogP contribution in [-0.2, 0) is 17.8 Å². The fourth-order valence-electron chi connectivity index (χ4n) is 3.07. The van der Waals surface area contributed by atoms with E-state index in [1.807, 2.05) is 28.6 Å². The van der Waals surface area contributed by atoms with Crippen molar-refractivity contribution in [3.8, 4) is 0 Å². The number of aromatic nitrogens is 2. The van der Waals surface area contributed by atoms with E-state index in [4.69, 9.17) is 0 Å². The smallest absolute Gasteiger partial charge is 0.223 e. The third-order valence-corrected chi connectivity index (χ3v) is 4.42. The molecule has 5 nitrogen and oxygen atoms in total. The first kappa shape index (κ1) is 15.6. The van der Waals surface area contributed by atoms with Crippen molar-refractivity contribution >= 4 is 17.3 Å². The van der Waals surface area contributed by atoms with E-state index in [2.05, 4.69) is 36.5 Å². The monoisotopic (exact) mass is 312 g/mol. The largest absolute Gasteiger partial charge is 0.381 e. The van der Waals surface area contributed by atoms with Crippen LogP contribution in [0.4, 0.5) is 11.4 Å². The van der Waals surface area contributed by atoms with Gasteiger partial charge in [-0.3, -0.25) is 9.48 Å². The van der Waals surface area contributed by atoms with Gasteiger partial charge in [-0.25, -0.2) is 0 Å². The van der Waals surface area contributed by atoms with Crippen LogP contribution in [0.25, 0.3) is 0 Å². The summed E-state index contributed by atoms with van der Waals surface area (Å²) in [4.78, 5) is 13.6. The maximum Gasteiger partial charge on any atom is 0.223 e. The van der Waals surface area contributed by atoms with E-state index < -0.39 is 0 Å². The number of carbonyl (C=O) groups excluding carboxylic acids is 1. The van der Waals surface area contributed by atoms with Gasteiger partial charge in [0, 0.05) is 54.8 Å². The molecule has 1 aromatic carbocycles. The van der Waals surface area contributed by atoms with Crippen LogP contribution in [0.15, 0.2) is 24.4 Å². The molecule has 0 aliphatic carbocycles. The molecule has 0 radical (unpaired) electrons. The first-order valence-electron chi connectivity index (χ1n) is 8.16. The molecule has 1 aromatic heterocycles. The van der Waals surface area contributed by atoms with Gasteiger partial charge in [0.15, 0.2) is 0 Å². The van der Waals surface area contributed by atoms with Gasteiger partial charge in [0.2, 0.25) is 5.91 Å². The van der Waals surface area contributed by atoms with Crippen molar-refractivity contribution in [3.63, 3.8) is 0 Å². The molecular weight excluding hydrogens is 288 g/mol. The molecule has 0 atom stereocenters. The van der Waals surface area contributed by atoms with Crippen LogP contribution >= 0.6 is 0 Å². The normalized spacial score (nSPS) is 13.5. The Morgan fingerprint density at radius 3 is 2.83 bits per heavy atom. The second-order valence-electron chi connectivity index (χ2n) is 6.39. The van der Waals surface area contributed by atoms with E-state index in [9.17, 15) is 4.79 Å².